The predicted molar refractivity (Wildman–Crippen MR) is 93.9 cm³/mol. The van der Waals surface area contributed by atoms with Gasteiger partial charge < -0.3 is 0 Å². The first kappa shape index (κ1) is 13.7. The van der Waals surface area contributed by atoms with Crippen molar-refractivity contribution in [2.75, 3.05) is 0 Å². The molecule has 0 heterocycles. The lowest BCUT2D eigenvalue weighted by molar-refractivity contribution is 0.0401. The molecule has 0 saturated heterocycles. The van der Waals surface area contributed by atoms with Crippen LogP contribution < -0.4 is 0 Å². The standard InChI is InChI=1S/C22H14F2/c23-22(24)20-12-16-7-3-1-5-14(16)9-18(20)11-19-10-15-6-2-4-8-17(15)13-21(19)22/h1-9,11-13H,10H2. The van der Waals surface area contributed by atoms with Gasteiger partial charge in [0.1, 0.15) is 0 Å². The summed E-state index contributed by atoms with van der Waals surface area (Å²) in [5, 5.41) is 1.84. The molecule has 0 unspecified atom stereocenters. The molecule has 2 aliphatic rings. The molecule has 0 amide bonds. The van der Waals surface area contributed by atoms with Crippen LogP contribution in [0.5, 0.6) is 0 Å². The van der Waals surface area contributed by atoms with E-state index in [1.165, 1.54) is 0 Å². The Balaban J connectivity index is 1.79. The van der Waals surface area contributed by atoms with Crippen molar-refractivity contribution in [1.82, 2.24) is 0 Å². The summed E-state index contributed by atoms with van der Waals surface area (Å²) in [6.45, 7) is 0. The fourth-order valence-corrected chi connectivity index (χ4v) is 3.79. The molecule has 0 bridgehead atoms. The number of hydrogen-bond acceptors (Lipinski definition) is 0. The minimum Gasteiger partial charge on any atom is -0.196 e. The molecule has 0 saturated carbocycles. The summed E-state index contributed by atoms with van der Waals surface area (Å²) in [5.41, 5.74) is 3.60. The third kappa shape index (κ3) is 1.83. The highest BCUT2D eigenvalue weighted by Crippen LogP contribution is 2.49. The summed E-state index contributed by atoms with van der Waals surface area (Å²) in [6.07, 6.45) is 4.15. The van der Waals surface area contributed by atoms with Gasteiger partial charge in [-0.1, -0.05) is 54.6 Å². The molecule has 0 fully saturated rings. The van der Waals surface area contributed by atoms with Crippen LogP contribution >= 0.6 is 0 Å². The monoisotopic (exact) mass is 316 g/mol. The number of fused-ring (bicyclic) bond motifs is 4. The highest BCUT2D eigenvalue weighted by molar-refractivity contribution is 5.89. The van der Waals surface area contributed by atoms with Crippen molar-refractivity contribution in [1.29, 1.82) is 0 Å². The topological polar surface area (TPSA) is 0 Å². The second-order valence-electron chi connectivity index (χ2n) is 6.46. The van der Waals surface area contributed by atoms with Crippen LogP contribution in [0.1, 0.15) is 22.3 Å². The smallest absolute Gasteiger partial charge is 0.196 e. The van der Waals surface area contributed by atoms with E-state index in [-0.39, 0.29) is 11.1 Å². The van der Waals surface area contributed by atoms with Gasteiger partial charge in [-0.3, -0.25) is 0 Å². The largest absolute Gasteiger partial charge is 0.299 e. The van der Waals surface area contributed by atoms with Gasteiger partial charge in [0.25, 0.3) is 5.92 Å². The minimum absolute atomic E-state index is 0.107. The molecule has 24 heavy (non-hydrogen) atoms. The van der Waals surface area contributed by atoms with E-state index in [4.69, 9.17) is 0 Å². The molecule has 2 heteroatoms. The van der Waals surface area contributed by atoms with Crippen molar-refractivity contribution in [3.05, 3.63) is 94.1 Å². The van der Waals surface area contributed by atoms with Crippen LogP contribution in [-0.2, 0) is 12.3 Å². The molecule has 0 spiro atoms. The Labute approximate surface area is 138 Å². The summed E-state index contributed by atoms with van der Waals surface area (Å²) in [4.78, 5) is 0. The lowest BCUT2D eigenvalue weighted by Crippen LogP contribution is -2.25. The summed E-state index contributed by atoms with van der Waals surface area (Å²) < 4.78 is 30.5. The van der Waals surface area contributed by atoms with Crippen molar-refractivity contribution in [2.24, 2.45) is 0 Å². The Bertz CT molecular complexity index is 1050. The third-order valence-corrected chi connectivity index (χ3v) is 5.01. The Morgan fingerprint density at radius 2 is 1.46 bits per heavy atom. The third-order valence-electron chi connectivity index (χ3n) is 5.01. The van der Waals surface area contributed by atoms with Crippen LogP contribution in [0.15, 0.2) is 71.8 Å². The molecule has 3 aromatic rings. The highest BCUT2D eigenvalue weighted by Gasteiger charge is 2.43. The number of rotatable bonds is 0. The van der Waals surface area contributed by atoms with Crippen LogP contribution in [0.4, 0.5) is 8.78 Å². The molecule has 0 radical (unpaired) electrons. The molecule has 0 aromatic heterocycles. The lowest BCUT2D eigenvalue weighted by Gasteiger charge is -2.32. The van der Waals surface area contributed by atoms with Crippen molar-refractivity contribution >= 4 is 22.9 Å². The van der Waals surface area contributed by atoms with Gasteiger partial charge in [-0.25, -0.2) is 0 Å². The molecule has 0 aliphatic heterocycles. The van der Waals surface area contributed by atoms with Gasteiger partial charge in [0.15, 0.2) is 0 Å². The maximum absolute atomic E-state index is 15.2. The van der Waals surface area contributed by atoms with E-state index in [9.17, 15) is 0 Å². The first-order chi connectivity index (χ1) is 11.6. The van der Waals surface area contributed by atoms with Crippen LogP contribution in [-0.4, -0.2) is 0 Å². The second kappa shape index (κ2) is 4.64. The zero-order chi connectivity index (χ0) is 16.3. The number of hydrogen-bond donors (Lipinski definition) is 0. The SMILES string of the molecule is FC1(F)C2=Cc3ccccc3CC2=Cc2cc3ccccc3cc21. The first-order valence-electron chi connectivity index (χ1n) is 8.05. The second-order valence-corrected chi connectivity index (χ2v) is 6.46. The van der Waals surface area contributed by atoms with Gasteiger partial charge in [0, 0.05) is 11.1 Å². The van der Waals surface area contributed by atoms with Gasteiger partial charge in [-0.15, -0.1) is 0 Å². The normalized spacial score (nSPS) is 17.4. The van der Waals surface area contributed by atoms with E-state index in [1.807, 2.05) is 60.7 Å². The van der Waals surface area contributed by atoms with Gasteiger partial charge >= 0.3 is 0 Å². The predicted octanol–water partition coefficient (Wildman–Crippen LogP) is 5.97. The lowest BCUT2D eigenvalue weighted by atomic mass is 9.77. The average molecular weight is 316 g/mol. The highest BCUT2D eigenvalue weighted by atomic mass is 19.3. The van der Waals surface area contributed by atoms with Crippen molar-refractivity contribution in [3.8, 4) is 0 Å². The summed E-state index contributed by atoms with van der Waals surface area (Å²) in [6, 6.07) is 19.0. The zero-order valence-corrected chi connectivity index (χ0v) is 12.9. The van der Waals surface area contributed by atoms with Crippen LogP contribution in [0, 0.1) is 0 Å². The minimum atomic E-state index is -2.96. The Morgan fingerprint density at radius 1 is 0.750 bits per heavy atom. The Morgan fingerprint density at radius 3 is 2.29 bits per heavy atom. The number of allylic oxidation sites excluding steroid dienone is 2. The van der Waals surface area contributed by atoms with Gasteiger partial charge in [0.2, 0.25) is 0 Å². The fraction of sp³-hybridized carbons (Fsp3) is 0.0909. The van der Waals surface area contributed by atoms with Crippen molar-refractivity contribution < 1.29 is 8.78 Å². The zero-order valence-electron chi connectivity index (χ0n) is 12.9. The van der Waals surface area contributed by atoms with Crippen LogP contribution in [0.2, 0.25) is 0 Å². The van der Waals surface area contributed by atoms with Crippen LogP contribution in [0.25, 0.3) is 22.9 Å². The maximum atomic E-state index is 15.2. The molecule has 2 aliphatic carbocycles. The first-order valence-corrected chi connectivity index (χ1v) is 8.05. The van der Waals surface area contributed by atoms with Crippen molar-refractivity contribution in [3.63, 3.8) is 0 Å². The van der Waals surface area contributed by atoms with E-state index in [2.05, 4.69) is 0 Å². The number of halogens is 2. The van der Waals surface area contributed by atoms with E-state index < -0.39 is 5.92 Å². The Kier molecular flexibility index (Phi) is 2.64. The molecule has 116 valence electrons. The van der Waals surface area contributed by atoms with E-state index in [0.717, 1.165) is 27.5 Å². The average Bonchev–Trinajstić information content (AvgIpc) is 2.59. The number of benzene rings is 3. The maximum Gasteiger partial charge on any atom is 0.299 e. The molecular weight excluding hydrogens is 302 g/mol. The van der Waals surface area contributed by atoms with E-state index in [0.29, 0.717) is 12.0 Å². The Hall–Kier alpha value is -2.74. The van der Waals surface area contributed by atoms with Gasteiger partial charge in [-0.05, 0) is 57.7 Å². The number of alkyl halides is 2. The summed E-state index contributed by atoms with van der Waals surface area (Å²) in [7, 11) is 0. The molecule has 0 nitrogen and oxygen atoms in total. The van der Waals surface area contributed by atoms with Gasteiger partial charge in [-0.2, -0.15) is 8.78 Å². The fourth-order valence-electron chi connectivity index (χ4n) is 3.79. The van der Waals surface area contributed by atoms with Crippen molar-refractivity contribution in [2.45, 2.75) is 12.3 Å². The van der Waals surface area contributed by atoms with E-state index in [1.54, 1.807) is 12.1 Å². The molecule has 0 atom stereocenters. The molecular formula is C22H14F2. The summed E-state index contributed by atoms with van der Waals surface area (Å²) >= 11 is 0. The van der Waals surface area contributed by atoms with E-state index >= 15 is 8.78 Å². The quantitative estimate of drug-likeness (QED) is 0.479. The summed E-state index contributed by atoms with van der Waals surface area (Å²) in [5.74, 6) is -2.96. The van der Waals surface area contributed by atoms with Crippen LogP contribution in [0.3, 0.4) is 0 Å². The molecule has 3 aromatic carbocycles. The molecule has 0 N–H and O–H groups in total. The van der Waals surface area contributed by atoms with Gasteiger partial charge in [0.05, 0.1) is 0 Å². The molecule has 5 rings (SSSR count).